The van der Waals surface area contributed by atoms with E-state index in [0.717, 1.165) is 5.56 Å². The SMILES string of the molecule is CNc1nccnc1C1CN(S(=O)(=O)c2ccccc2C)CCO1. The van der Waals surface area contributed by atoms with Crippen molar-refractivity contribution in [2.45, 2.75) is 17.9 Å². The van der Waals surface area contributed by atoms with Crippen LogP contribution in [0.25, 0.3) is 0 Å². The van der Waals surface area contributed by atoms with Crippen LogP contribution in [0.5, 0.6) is 0 Å². The van der Waals surface area contributed by atoms with E-state index in [4.69, 9.17) is 4.74 Å². The molecule has 128 valence electrons. The van der Waals surface area contributed by atoms with Gasteiger partial charge < -0.3 is 10.1 Å². The molecule has 0 amide bonds. The zero-order valence-corrected chi connectivity index (χ0v) is 14.5. The number of ether oxygens (including phenoxy) is 1. The second-order valence-corrected chi connectivity index (χ2v) is 7.43. The Kier molecular flexibility index (Phi) is 4.79. The number of hydrogen-bond donors (Lipinski definition) is 1. The molecular formula is C16H20N4O3S. The zero-order valence-electron chi connectivity index (χ0n) is 13.6. The summed E-state index contributed by atoms with van der Waals surface area (Å²) in [6, 6.07) is 7.00. The van der Waals surface area contributed by atoms with Gasteiger partial charge in [0.05, 0.1) is 11.5 Å². The summed E-state index contributed by atoms with van der Waals surface area (Å²) >= 11 is 0. The van der Waals surface area contributed by atoms with Gasteiger partial charge in [0, 0.05) is 32.5 Å². The molecule has 2 heterocycles. The van der Waals surface area contributed by atoms with Crippen molar-refractivity contribution in [1.82, 2.24) is 14.3 Å². The van der Waals surface area contributed by atoms with E-state index in [9.17, 15) is 8.42 Å². The number of hydrogen-bond acceptors (Lipinski definition) is 6. The van der Waals surface area contributed by atoms with Crippen LogP contribution >= 0.6 is 0 Å². The number of nitrogens with one attached hydrogen (secondary N) is 1. The van der Waals surface area contributed by atoms with E-state index in [2.05, 4.69) is 15.3 Å². The number of nitrogens with zero attached hydrogens (tertiary/aromatic N) is 3. The molecule has 1 unspecified atom stereocenters. The van der Waals surface area contributed by atoms with Crippen molar-refractivity contribution in [3.8, 4) is 0 Å². The minimum absolute atomic E-state index is 0.212. The monoisotopic (exact) mass is 348 g/mol. The number of rotatable bonds is 4. The van der Waals surface area contributed by atoms with Gasteiger partial charge in [0.15, 0.2) is 0 Å². The molecule has 1 aromatic heterocycles. The molecule has 2 aromatic rings. The van der Waals surface area contributed by atoms with Crippen molar-refractivity contribution in [1.29, 1.82) is 0 Å². The predicted molar refractivity (Wildman–Crippen MR) is 90.2 cm³/mol. The Morgan fingerprint density at radius 2 is 2.00 bits per heavy atom. The topological polar surface area (TPSA) is 84.4 Å². The molecule has 1 N–H and O–H groups in total. The third-order valence-corrected chi connectivity index (χ3v) is 6.03. The molecule has 1 saturated heterocycles. The Balaban J connectivity index is 1.90. The van der Waals surface area contributed by atoms with Crippen molar-refractivity contribution in [2.75, 3.05) is 32.1 Å². The van der Waals surface area contributed by atoms with Gasteiger partial charge in [-0.05, 0) is 18.6 Å². The summed E-state index contributed by atoms with van der Waals surface area (Å²) in [6.45, 7) is 2.65. The van der Waals surface area contributed by atoms with E-state index in [1.165, 1.54) is 4.31 Å². The molecular weight excluding hydrogens is 328 g/mol. The maximum Gasteiger partial charge on any atom is 0.243 e. The van der Waals surface area contributed by atoms with Crippen LogP contribution in [0.4, 0.5) is 5.82 Å². The van der Waals surface area contributed by atoms with Crippen LogP contribution in [0.3, 0.4) is 0 Å². The standard InChI is InChI=1S/C16H20N4O3S/c1-12-5-3-4-6-14(12)24(21,22)20-9-10-23-13(11-20)15-16(17-2)19-8-7-18-15/h3-8,13H,9-11H2,1-2H3,(H,17,19). The van der Waals surface area contributed by atoms with E-state index >= 15 is 0 Å². The summed E-state index contributed by atoms with van der Waals surface area (Å²) in [7, 11) is -1.82. The number of aromatic nitrogens is 2. The second-order valence-electron chi connectivity index (χ2n) is 5.53. The Morgan fingerprint density at radius 1 is 1.25 bits per heavy atom. The summed E-state index contributed by atoms with van der Waals surface area (Å²) in [4.78, 5) is 8.85. The molecule has 24 heavy (non-hydrogen) atoms. The maximum atomic E-state index is 13.0. The van der Waals surface area contributed by atoms with Gasteiger partial charge in [-0.2, -0.15) is 4.31 Å². The van der Waals surface area contributed by atoms with Gasteiger partial charge in [-0.3, -0.25) is 4.98 Å². The third kappa shape index (κ3) is 3.12. The molecule has 1 aliphatic rings. The van der Waals surface area contributed by atoms with Crippen molar-refractivity contribution in [2.24, 2.45) is 0 Å². The van der Waals surface area contributed by atoms with Crippen LogP contribution in [-0.2, 0) is 14.8 Å². The van der Waals surface area contributed by atoms with Crippen LogP contribution in [0.15, 0.2) is 41.6 Å². The highest BCUT2D eigenvalue weighted by Gasteiger charge is 2.33. The fraction of sp³-hybridized carbons (Fsp3) is 0.375. The number of sulfonamides is 1. The Labute approximate surface area is 141 Å². The molecule has 0 aliphatic carbocycles. The molecule has 3 rings (SSSR count). The van der Waals surface area contributed by atoms with Crippen LogP contribution in [0.2, 0.25) is 0 Å². The summed E-state index contributed by atoms with van der Waals surface area (Å²) in [6.07, 6.45) is 2.71. The average molecular weight is 348 g/mol. The van der Waals surface area contributed by atoms with E-state index < -0.39 is 16.1 Å². The highest BCUT2D eigenvalue weighted by atomic mass is 32.2. The van der Waals surface area contributed by atoms with Gasteiger partial charge in [0.25, 0.3) is 0 Å². The van der Waals surface area contributed by atoms with Gasteiger partial charge in [-0.1, -0.05) is 18.2 Å². The molecule has 0 saturated carbocycles. The fourth-order valence-corrected chi connectivity index (χ4v) is 4.42. The number of morpholine rings is 1. The van der Waals surface area contributed by atoms with Crippen LogP contribution in [-0.4, -0.2) is 49.4 Å². The van der Waals surface area contributed by atoms with Crippen molar-refractivity contribution < 1.29 is 13.2 Å². The van der Waals surface area contributed by atoms with E-state index in [1.54, 1.807) is 44.6 Å². The lowest BCUT2D eigenvalue weighted by atomic mass is 10.2. The molecule has 1 fully saturated rings. The van der Waals surface area contributed by atoms with Gasteiger partial charge in [0.2, 0.25) is 10.0 Å². The summed E-state index contributed by atoms with van der Waals surface area (Å²) in [5, 5.41) is 2.97. The second kappa shape index (κ2) is 6.84. The molecule has 8 heteroatoms. The number of aryl methyl sites for hydroxylation is 1. The summed E-state index contributed by atoms with van der Waals surface area (Å²) < 4.78 is 33.1. The summed E-state index contributed by atoms with van der Waals surface area (Å²) in [5.74, 6) is 0.595. The lowest BCUT2D eigenvalue weighted by Gasteiger charge is -2.32. The minimum atomic E-state index is -3.57. The fourth-order valence-electron chi connectivity index (χ4n) is 2.77. The number of benzene rings is 1. The van der Waals surface area contributed by atoms with E-state index in [1.807, 2.05) is 6.07 Å². The molecule has 1 aliphatic heterocycles. The molecule has 1 aromatic carbocycles. The Morgan fingerprint density at radius 3 is 2.75 bits per heavy atom. The largest absolute Gasteiger partial charge is 0.372 e. The Bertz CT molecular complexity index is 826. The minimum Gasteiger partial charge on any atom is -0.372 e. The van der Waals surface area contributed by atoms with Crippen LogP contribution in [0, 0.1) is 6.92 Å². The van der Waals surface area contributed by atoms with Crippen LogP contribution in [0.1, 0.15) is 17.4 Å². The summed E-state index contributed by atoms with van der Waals surface area (Å²) in [5.41, 5.74) is 1.35. The van der Waals surface area contributed by atoms with Gasteiger partial charge >= 0.3 is 0 Å². The van der Waals surface area contributed by atoms with E-state index in [0.29, 0.717) is 29.6 Å². The normalized spacial score (nSPS) is 19.2. The quantitative estimate of drug-likeness (QED) is 0.903. The number of anilines is 1. The molecule has 7 nitrogen and oxygen atoms in total. The highest BCUT2D eigenvalue weighted by Crippen LogP contribution is 2.29. The first-order valence-corrected chi connectivity index (χ1v) is 9.14. The predicted octanol–water partition coefficient (Wildman–Crippen LogP) is 1.59. The van der Waals surface area contributed by atoms with Gasteiger partial charge in [0.1, 0.15) is 17.6 Å². The Hall–Kier alpha value is -2.03. The van der Waals surface area contributed by atoms with Crippen molar-refractivity contribution in [3.63, 3.8) is 0 Å². The first-order valence-electron chi connectivity index (χ1n) is 7.70. The molecule has 0 spiro atoms. The smallest absolute Gasteiger partial charge is 0.243 e. The zero-order chi connectivity index (χ0) is 17.2. The lowest BCUT2D eigenvalue weighted by Crippen LogP contribution is -2.42. The first-order chi connectivity index (χ1) is 11.5. The molecule has 0 bridgehead atoms. The van der Waals surface area contributed by atoms with Crippen molar-refractivity contribution in [3.05, 3.63) is 47.9 Å². The van der Waals surface area contributed by atoms with Crippen molar-refractivity contribution >= 4 is 15.8 Å². The highest BCUT2D eigenvalue weighted by molar-refractivity contribution is 7.89. The first kappa shape index (κ1) is 16.8. The lowest BCUT2D eigenvalue weighted by molar-refractivity contribution is -0.00469. The molecule has 1 atom stereocenters. The van der Waals surface area contributed by atoms with Gasteiger partial charge in [-0.15, -0.1) is 0 Å². The van der Waals surface area contributed by atoms with E-state index in [-0.39, 0.29) is 6.54 Å². The van der Waals surface area contributed by atoms with Gasteiger partial charge in [-0.25, -0.2) is 13.4 Å². The third-order valence-electron chi connectivity index (χ3n) is 4.01. The maximum absolute atomic E-state index is 13.0. The average Bonchev–Trinajstić information content (AvgIpc) is 2.62. The van der Waals surface area contributed by atoms with Crippen LogP contribution < -0.4 is 5.32 Å². The molecule has 0 radical (unpaired) electrons.